The van der Waals surface area contributed by atoms with E-state index in [1.54, 1.807) is 35.6 Å². The number of fused-ring (bicyclic) bond motifs is 1. The van der Waals surface area contributed by atoms with Crippen molar-refractivity contribution < 1.29 is 22.7 Å². The molecule has 1 amide bonds. The molecule has 34 heavy (non-hydrogen) atoms. The van der Waals surface area contributed by atoms with E-state index in [2.05, 4.69) is 15.0 Å². The molecule has 1 aromatic carbocycles. The van der Waals surface area contributed by atoms with Crippen molar-refractivity contribution in [2.75, 3.05) is 18.4 Å². The fourth-order valence-corrected chi connectivity index (χ4v) is 6.43. The molecule has 2 aromatic heterocycles. The molecule has 1 saturated heterocycles. The van der Waals surface area contributed by atoms with E-state index < -0.39 is 6.61 Å². The van der Waals surface area contributed by atoms with Crippen molar-refractivity contribution in [3.05, 3.63) is 70.0 Å². The van der Waals surface area contributed by atoms with Gasteiger partial charge >= 0.3 is 6.61 Å². The van der Waals surface area contributed by atoms with Crippen LogP contribution in [0.3, 0.4) is 0 Å². The zero-order valence-electron chi connectivity index (χ0n) is 18.9. The van der Waals surface area contributed by atoms with Crippen LogP contribution < -0.4 is 10.1 Å². The predicted octanol–water partition coefficient (Wildman–Crippen LogP) is 6.65. The molecule has 3 aromatic rings. The topological polar surface area (TPSA) is 54.7 Å². The van der Waals surface area contributed by atoms with Crippen LogP contribution in [-0.2, 0) is 12.8 Å². The van der Waals surface area contributed by atoms with Crippen LogP contribution in [0.25, 0.3) is 0 Å². The number of hydrogen-bond acceptors (Lipinski definition) is 5. The molecule has 0 saturated carbocycles. The molecule has 3 heterocycles. The summed E-state index contributed by atoms with van der Waals surface area (Å²) in [5.41, 5.74) is 3.49. The number of anilines is 1. The highest BCUT2D eigenvalue weighted by atomic mass is 32.1. The SMILES string of the molecule is O=C(Nc1sc2c(c1[C@@H](c1ccc(OC(F)F)cc1)N1CCCCC1)CCCC2)c1ccco1. The van der Waals surface area contributed by atoms with Crippen molar-refractivity contribution >= 4 is 22.2 Å². The summed E-state index contributed by atoms with van der Waals surface area (Å²) in [6.45, 7) is -0.942. The van der Waals surface area contributed by atoms with Gasteiger partial charge in [0.25, 0.3) is 5.91 Å². The predicted molar refractivity (Wildman–Crippen MR) is 128 cm³/mol. The van der Waals surface area contributed by atoms with Gasteiger partial charge in [-0.15, -0.1) is 11.3 Å². The highest BCUT2D eigenvalue weighted by molar-refractivity contribution is 7.16. The molecule has 5 rings (SSSR count). The normalized spacial score (nSPS) is 17.4. The Morgan fingerprint density at radius 2 is 1.79 bits per heavy atom. The number of hydrogen-bond donors (Lipinski definition) is 1. The fourth-order valence-electron chi connectivity index (χ4n) is 5.11. The van der Waals surface area contributed by atoms with Crippen LogP contribution in [0.15, 0.2) is 47.1 Å². The molecule has 0 bridgehead atoms. The van der Waals surface area contributed by atoms with Crippen molar-refractivity contribution in [3.63, 3.8) is 0 Å². The highest BCUT2D eigenvalue weighted by Gasteiger charge is 2.33. The van der Waals surface area contributed by atoms with Gasteiger partial charge in [-0.05, 0) is 87.0 Å². The largest absolute Gasteiger partial charge is 0.459 e. The minimum Gasteiger partial charge on any atom is -0.459 e. The maximum absolute atomic E-state index is 12.9. The number of thiophene rings is 1. The number of ether oxygens (including phenoxy) is 1. The number of nitrogens with zero attached hydrogens (tertiary/aromatic N) is 1. The zero-order chi connectivity index (χ0) is 23.5. The Morgan fingerprint density at radius 3 is 2.50 bits per heavy atom. The Morgan fingerprint density at radius 1 is 1.03 bits per heavy atom. The second-order valence-electron chi connectivity index (χ2n) is 8.83. The lowest BCUT2D eigenvalue weighted by Crippen LogP contribution is -2.35. The Balaban J connectivity index is 1.57. The summed E-state index contributed by atoms with van der Waals surface area (Å²) in [6, 6.07) is 10.3. The number of alkyl halides is 2. The molecule has 1 fully saturated rings. The van der Waals surface area contributed by atoms with Crippen LogP contribution in [0.5, 0.6) is 5.75 Å². The lowest BCUT2D eigenvalue weighted by atomic mass is 9.88. The third-order valence-corrected chi connectivity index (χ3v) is 7.86. The summed E-state index contributed by atoms with van der Waals surface area (Å²) in [5, 5.41) is 3.99. The third kappa shape index (κ3) is 4.88. The van der Waals surface area contributed by atoms with Crippen LogP contribution in [0.1, 0.15) is 70.3 Å². The quantitative estimate of drug-likeness (QED) is 0.406. The smallest absolute Gasteiger partial charge is 0.387 e. The number of carbonyl (C=O) groups excluding carboxylic acids is 1. The molecule has 1 aliphatic heterocycles. The molecule has 5 nitrogen and oxygen atoms in total. The van der Waals surface area contributed by atoms with Crippen LogP contribution in [0.2, 0.25) is 0 Å². The number of amides is 1. The van der Waals surface area contributed by atoms with Crippen molar-refractivity contribution in [2.24, 2.45) is 0 Å². The van der Waals surface area contributed by atoms with Gasteiger partial charge in [0.1, 0.15) is 10.8 Å². The first-order valence-corrected chi connectivity index (χ1v) is 12.7. The van der Waals surface area contributed by atoms with Gasteiger partial charge in [0, 0.05) is 10.4 Å². The van der Waals surface area contributed by atoms with Crippen LogP contribution in [0, 0.1) is 0 Å². The Kier molecular flexibility index (Phi) is 6.97. The molecule has 0 radical (unpaired) electrons. The van der Waals surface area contributed by atoms with E-state index in [1.165, 1.54) is 23.1 Å². The van der Waals surface area contributed by atoms with Gasteiger partial charge in [0.2, 0.25) is 0 Å². The molecule has 1 atom stereocenters. The minimum atomic E-state index is -2.85. The second kappa shape index (κ2) is 10.3. The van der Waals surface area contributed by atoms with Gasteiger partial charge in [-0.2, -0.15) is 8.78 Å². The van der Waals surface area contributed by atoms with Crippen molar-refractivity contribution in [1.82, 2.24) is 4.90 Å². The number of carbonyl (C=O) groups is 1. The summed E-state index contributed by atoms with van der Waals surface area (Å²) < 4.78 is 35.3. The molecule has 0 spiro atoms. The van der Waals surface area contributed by atoms with Gasteiger partial charge in [0.15, 0.2) is 5.76 Å². The van der Waals surface area contributed by atoms with Crippen molar-refractivity contribution in [3.8, 4) is 5.75 Å². The molecular weight excluding hydrogens is 458 g/mol. The lowest BCUT2D eigenvalue weighted by molar-refractivity contribution is -0.0498. The number of halogens is 2. The third-order valence-electron chi connectivity index (χ3n) is 6.63. The number of nitrogens with one attached hydrogen (secondary N) is 1. The van der Waals surface area contributed by atoms with Gasteiger partial charge in [-0.1, -0.05) is 18.6 Å². The number of furan rings is 1. The average Bonchev–Trinajstić information content (AvgIpc) is 3.50. The average molecular weight is 487 g/mol. The summed E-state index contributed by atoms with van der Waals surface area (Å²) in [6.07, 6.45) is 9.19. The summed E-state index contributed by atoms with van der Waals surface area (Å²) >= 11 is 1.66. The number of benzene rings is 1. The highest BCUT2D eigenvalue weighted by Crippen LogP contribution is 2.46. The van der Waals surface area contributed by atoms with Gasteiger partial charge in [-0.25, -0.2) is 0 Å². The Labute approximate surface area is 201 Å². The van der Waals surface area contributed by atoms with E-state index in [0.29, 0.717) is 0 Å². The van der Waals surface area contributed by atoms with E-state index in [1.807, 2.05) is 12.1 Å². The van der Waals surface area contributed by atoms with E-state index in [4.69, 9.17) is 4.42 Å². The van der Waals surface area contributed by atoms with Crippen LogP contribution in [-0.4, -0.2) is 30.5 Å². The van der Waals surface area contributed by atoms with Gasteiger partial charge in [-0.3, -0.25) is 9.69 Å². The monoisotopic (exact) mass is 486 g/mol. The number of aryl methyl sites for hydroxylation is 1. The van der Waals surface area contributed by atoms with Gasteiger partial charge < -0.3 is 14.5 Å². The first-order valence-electron chi connectivity index (χ1n) is 11.9. The molecular formula is C26H28F2N2O3S. The Hall–Kier alpha value is -2.71. The van der Waals surface area contributed by atoms with E-state index in [9.17, 15) is 13.6 Å². The maximum Gasteiger partial charge on any atom is 0.387 e. The Bertz CT molecular complexity index is 1110. The second-order valence-corrected chi connectivity index (χ2v) is 9.94. The van der Waals surface area contributed by atoms with Crippen molar-refractivity contribution in [2.45, 2.75) is 57.6 Å². The van der Waals surface area contributed by atoms with E-state index in [-0.39, 0.29) is 23.5 Å². The van der Waals surface area contributed by atoms with Gasteiger partial charge in [0.05, 0.1) is 12.3 Å². The molecule has 180 valence electrons. The standard InChI is InChI=1S/C26H28F2N2O3S/c27-26(28)33-18-12-10-17(11-13-18)23(30-14-4-1-5-15-30)22-19-7-2-3-9-21(19)34-25(22)29-24(31)20-8-6-16-32-20/h6,8,10-13,16,23,26H,1-5,7,9,14-15H2,(H,29,31)/t23-/m1/s1. The number of piperidine rings is 1. The summed E-state index contributed by atoms with van der Waals surface area (Å²) in [7, 11) is 0. The molecule has 1 aliphatic carbocycles. The number of likely N-dealkylation sites (tertiary alicyclic amines) is 1. The van der Waals surface area contributed by atoms with Crippen LogP contribution >= 0.6 is 11.3 Å². The lowest BCUT2D eigenvalue weighted by Gasteiger charge is -2.36. The first kappa shape index (κ1) is 23.1. The van der Waals surface area contributed by atoms with Crippen molar-refractivity contribution in [1.29, 1.82) is 0 Å². The summed E-state index contributed by atoms with van der Waals surface area (Å²) in [5.74, 6) is 0.165. The van der Waals surface area contributed by atoms with E-state index in [0.717, 1.165) is 67.7 Å². The van der Waals surface area contributed by atoms with Crippen LogP contribution in [0.4, 0.5) is 13.8 Å². The first-order chi connectivity index (χ1) is 16.6. The summed E-state index contributed by atoms with van der Waals surface area (Å²) in [4.78, 5) is 16.7. The fraction of sp³-hybridized carbons (Fsp3) is 0.423. The van der Waals surface area contributed by atoms with E-state index >= 15 is 0 Å². The number of rotatable bonds is 7. The molecule has 8 heteroatoms. The molecule has 1 N–H and O–H groups in total. The zero-order valence-corrected chi connectivity index (χ0v) is 19.7. The minimum absolute atomic E-state index is 0.0640. The molecule has 2 aliphatic rings. The maximum atomic E-state index is 12.9. The molecule has 0 unspecified atom stereocenters.